The Hall–Kier alpha value is -1.70. The summed E-state index contributed by atoms with van der Waals surface area (Å²) in [6.07, 6.45) is 3.66. The summed E-state index contributed by atoms with van der Waals surface area (Å²) in [5.41, 5.74) is 13.8. The molecule has 0 heterocycles. The van der Waals surface area contributed by atoms with Gasteiger partial charge in [0.25, 0.3) is 0 Å². The third kappa shape index (κ3) is 4.27. The van der Waals surface area contributed by atoms with E-state index in [0.717, 1.165) is 25.7 Å². The maximum Gasteiger partial charge on any atom is 0.0442 e. The van der Waals surface area contributed by atoms with Crippen molar-refractivity contribution in [3.8, 4) is 22.3 Å². The molecule has 0 fully saturated rings. The molecule has 0 aromatic heterocycles. The molecule has 0 aliphatic heterocycles. The van der Waals surface area contributed by atoms with Gasteiger partial charge in [-0.05, 0) is 81.3 Å². The molecule has 0 radical (unpaired) electrons. The Labute approximate surface area is 239 Å². The first-order chi connectivity index (χ1) is 15.8. The van der Waals surface area contributed by atoms with Crippen LogP contribution in [0.25, 0.3) is 22.3 Å². The molecule has 4 heteroatoms. The average molecular weight is 581 g/mol. The number of rotatable bonds is 5. The molecule has 35 heavy (non-hydrogen) atoms. The van der Waals surface area contributed by atoms with Crippen molar-refractivity contribution in [2.45, 2.75) is 38.0 Å². The van der Waals surface area contributed by atoms with Crippen molar-refractivity contribution in [2.24, 2.45) is 0 Å². The van der Waals surface area contributed by atoms with E-state index < -0.39 is 0 Å². The summed E-state index contributed by atoms with van der Waals surface area (Å²) in [6, 6.07) is 31.2. The number of aliphatic hydroxyl groups is 1. The minimum atomic E-state index is -0.199. The molecule has 4 aromatic rings. The molecular weight excluding hydrogens is 550 g/mol. The van der Waals surface area contributed by atoms with Crippen molar-refractivity contribution in [2.75, 3.05) is 6.61 Å². The molecule has 2 aliphatic carbocycles. The first-order valence-corrected chi connectivity index (χ1v) is 11.8. The van der Waals surface area contributed by atoms with Crippen LogP contribution in [0.15, 0.2) is 84.9 Å². The third-order valence-electron chi connectivity index (χ3n) is 7.87. The van der Waals surface area contributed by atoms with Crippen LogP contribution in [0.3, 0.4) is 0 Å². The fraction of sp³-hybridized carbons (Fsp3) is 0.226. The van der Waals surface area contributed by atoms with Gasteiger partial charge in [-0.2, -0.15) is 0 Å². The summed E-state index contributed by atoms with van der Waals surface area (Å²) in [4.78, 5) is 0. The Morgan fingerprint density at radius 3 is 1.49 bits per heavy atom. The summed E-state index contributed by atoms with van der Waals surface area (Å²) in [5, 5.41) is 10.3. The van der Waals surface area contributed by atoms with Gasteiger partial charge in [-0.1, -0.05) is 91.9 Å². The molecular formula is C31H30Cl2OZr. The fourth-order valence-electron chi connectivity index (χ4n) is 6.37. The van der Waals surface area contributed by atoms with E-state index in [0.29, 0.717) is 0 Å². The van der Waals surface area contributed by atoms with Gasteiger partial charge in [0, 0.05) is 38.2 Å². The fourth-order valence-corrected chi connectivity index (χ4v) is 6.37. The van der Waals surface area contributed by atoms with Gasteiger partial charge < -0.3 is 5.11 Å². The molecule has 0 bridgehead atoms. The van der Waals surface area contributed by atoms with Crippen molar-refractivity contribution in [3.05, 3.63) is 118 Å². The van der Waals surface area contributed by atoms with Gasteiger partial charge in [0.15, 0.2) is 0 Å². The van der Waals surface area contributed by atoms with Gasteiger partial charge in [-0.15, -0.1) is 24.8 Å². The zero-order valence-electron chi connectivity index (χ0n) is 19.9. The summed E-state index contributed by atoms with van der Waals surface area (Å²) < 4.78 is 0. The summed E-state index contributed by atoms with van der Waals surface area (Å²) >= 11 is 0. The van der Waals surface area contributed by atoms with Gasteiger partial charge in [-0.3, -0.25) is 0 Å². The summed E-state index contributed by atoms with van der Waals surface area (Å²) in [5.74, 6) is 0. The zero-order chi connectivity index (χ0) is 21.7. The monoisotopic (exact) mass is 578 g/mol. The second kappa shape index (κ2) is 11.1. The van der Waals surface area contributed by atoms with E-state index in [2.05, 4.69) is 91.9 Å². The molecule has 6 rings (SSSR count). The van der Waals surface area contributed by atoms with Crippen LogP contribution in [0.1, 0.15) is 53.1 Å². The standard InChI is InChI=1S/C31H28O.2ClH.Zr/c1-2-31(17-18-32,29-15-7-13-25-23-11-5-3-9-21(23)19-27(25)29)30-16-8-14-26-24-12-6-4-10-22(24)20-28(26)30;;;/h3-16,32H,2,17-20H2,1H3;2*1H;. The molecule has 2 aliphatic rings. The average Bonchev–Trinajstić information content (AvgIpc) is 3.41. The Bertz CT molecular complexity index is 1250. The topological polar surface area (TPSA) is 20.2 Å². The Morgan fingerprint density at radius 2 is 1.06 bits per heavy atom. The number of halogens is 2. The molecule has 0 spiro atoms. The Balaban J connectivity index is 0.00000114. The van der Waals surface area contributed by atoms with Gasteiger partial charge in [0.2, 0.25) is 0 Å². The molecule has 4 aromatic carbocycles. The van der Waals surface area contributed by atoms with Gasteiger partial charge in [-0.25, -0.2) is 0 Å². The largest absolute Gasteiger partial charge is 0.396 e. The van der Waals surface area contributed by atoms with E-state index in [9.17, 15) is 5.11 Å². The van der Waals surface area contributed by atoms with Gasteiger partial charge >= 0.3 is 0 Å². The van der Waals surface area contributed by atoms with Crippen LogP contribution in [0.4, 0.5) is 0 Å². The maximum atomic E-state index is 10.3. The van der Waals surface area contributed by atoms with Crippen LogP contribution >= 0.6 is 24.8 Å². The van der Waals surface area contributed by atoms with Crippen LogP contribution in [0, 0.1) is 0 Å². The molecule has 178 valence electrons. The van der Waals surface area contributed by atoms with Gasteiger partial charge in [0.1, 0.15) is 0 Å². The number of hydrogen-bond acceptors (Lipinski definition) is 1. The van der Waals surface area contributed by atoms with Crippen LogP contribution in [-0.4, -0.2) is 11.7 Å². The minimum Gasteiger partial charge on any atom is -0.396 e. The normalized spacial score (nSPS) is 12.3. The predicted molar refractivity (Wildman–Crippen MR) is 147 cm³/mol. The number of benzene rings is 4. The summed E-state index contributed by atoms with van der Waals surface area (Å²) in [6.45, 7) is 2.47. The molecule has 0 saturated carbocycles. The van der Waals surface area contributed by atoms with Crippen molar-refractivity contribution < 1.29 is 31.3 Å². The second-order valence-electron chi connectivity index (χ2n) is 9.24. The van der Waals surface area contributed by atoms with E-state index in [1.807, 2.05) is 0 Å². The van der Waals surface area contributed by atoms with Crippen LogP contribution in [0.5, 0.6) is 0 Å². The zero-order valence-corrected chi connectivity index (χ0v) is 24.0. The van der Waals surface area contributed by atoms with Crippen molar-refractivity contribution in [3.63, 3.8) is 0 Å². The smallest absolute Gasteiger partial charge is 0.0442 e. The Kier molecular flexibility index (Phi) is 8.88. The third-order valence-corrected chi connectivity index (χ3v) is 7.87. The number of fused-ring (bicyclic) bond motifs is 6. The molecule has 0 saturated heterocycles. The first-order valence-electron chi connectivity index (χ1n) is 11.8. The minimum absolute atomic E-state index is 0. The van der Waals surface area contributed by atoms with Gasteiger partial charge in [0.05, 0.1) is 0 Å². The predicted octanol–water partition coefficient (Wildman–Crippen LogP) is 7.75. The SMILES string of the molecule is CCC(CCO)(c1cccc2c1Cc1ccccc1-2)c1cccc2c1Cc1ccccc1-2.Cl.Cl.[Zr]. The second-order valence-corrected chi connectivity index (χ2v) is 9.24. The maximum absolute atomic E-state index is 10.3. The molecule has 0 amide bonds. The Morgan fingerprint density at radius 1 is 0.629 bits per heavy atom. The number of hydrogen-bond donors (Lipinski definition) is 1. The molecule has 1 nitrogen and oxygen atoms in total. The molecule has 1 N–H and O–H groups in total. The quantitative estimate of drug-likeness (QED) is 0.221. The van der Waals surface area contributed by atoms with Crippen molar-refractivity contribution >= 4 is 24.8 Å². The van der Waals surface area contributed by atoms with E-state index in [4.69, 9.17) is 0 Å². The van der Waals surface area contributed by atoms with E-state index in [-0.39, 0.29) is 63.0 Å². The van der Waals surface area contributed by atoms with E-state index >= 15 is 0 Å². The molecule has 0 atom stereocenters. The summed E-state index contributed by atoms with van der Waals surface area (Å²) in [7, 11) is 0. The first kappa shape index (κ1) is 27.9. The van der Waals surface area contributed by atoms with E-state index in [1.54, 1.807) is 0 Å². The van der Waals surface area contributed by atoms with Crippen LogP contribution < -0.4 is 0 Å². The van der Waals surface area contributed by atoms with E-state index in [1.165, 1.54) is 55.6 Å². The molecule has 0 unspecified atom stereocenters. The van der Waals surface area contributed by atoms with Crippen molar-refractivity contribution in [1.29, 1.82) is 0 Å². The van der Waals surface area contributed by atoms with Crippen LogP contribution in [0.2, 0.25) is 0 Å². The van der Waals surface area contributed by atoms with Crippen molar-refractivity contribution in [1.82, 2.24) is 0 Å². The number of aliphatic hydroxyl groups excluding tert-OH is 1. The van der Waals surface area contributed by atoms with Crippen LogP contribution in [-0.2, 0) is 44.5 Å².